The molecule has 0 bridgehead atoms. The molecule has 1 aliphatic heterocycles. The number of aryl methyl sites for hydroxylation is 1. The number of rotatable bonds is 6. The largest absolute Gasteiger partial charge is 0.338 e. The fourth-order valence-corrected chi connectivity index (χ4v) is 3.58. The Balaban J connectivity index is 1.30. The molecular weight excluding hydrogens is 410 g/mol. The lowest BCUT2D eigenvalue weighted by Gasteiger charge is -2.33. The number of hydrogen-bond donors (Lipinski definition) is 0. The lowest BCUT2D eigenvalue weighted by molar-refractivity contribution is -0.384. The van der Waals surface area contributed by atoms with Gasteiger partial charge >= 0.3 is 0 Å². The number of benzene rings is 2. The van der Waals surface area contributed by atoms with Gasteiger partial charge in [-0.05, 0) is 24.1 Å². The normalized spacial score (nSPS) is 14.7. The molecule has 0 atom stereocenters. The quantitative estimate of drug-likeness (QED) is 0.334. The van der Waals surface area contributed by atoms with Gasteiger partial charge in [0.1, 0.15) is 0 Å². The molecular formula is C23H23N5O4. The topological polar surface area (TPSA) is 106 Å². The van der Waals surface area contributed by atoms with Gasteiger partial charge in [-0.25, -0.2) is 0 Å². The monoisotopic (exact) mass is 433 g/mol. The van der Waals surface area contributed by atoms with Gasteiger partial charge in [-0.15, -0.1) is 0 Å². The molecule has 0 radical (unpaired) electrons. The van der Waals surface area contributed by atoms with Crippen LogP contribution in [-0.4, -0.2) is 56.9 Å². The van der Waals surface area contributed by atoms with Crippen molar-refractivity contribution in [2.45, 2.75) is 13.5 Å². The van der Waals surface area contributed by atoms with E-state index in [1.54, 1.807) is 23.1 Å². The number of nitro groups is 1. The summed E-state index contributed by atoms with van der Waals surface area (Å²) in [6, 6.07) is 14.1. The fourth-order valence-electron chi connectivity index (χ4n) is 3.58. The zero-order valence-corrected chi connectivity index (χ0v) is 17.7. The van der Waals surface area contributed by atoms with Crippen molar-refractivity contribution < 1.29 is 14.2 Å². The molecule has 1 amide bonds. The average molecular weight is 433 g/mol. The predicted octanol–water partition coefficient (Wildman–Crippen LogP) is 3.31. The molecule has 0 aliphatic carbocycles. The van der Waals surface area contributed by atoms with Crippen LogP contribution >= 0.6 is 0 Å². The Bertz CT molecular complexity index is 1150. The molecule has 0 spiro atoms. The Labute approximate surface area is 185 Å². The molecule has 32 heavy (non-hydrogen) atoms. The van der Waals surface area contributed by atoms with Gasteiger partial charge in [0.05, 0.1) is 11.5 Å². The molecule has 0 unspecified atom stereocenters. The van der Waals surface area contributed by atoms with Crippen molar-refractivity contribution in [1.82, 2.24) is 19.9 Å². The second kappa shape index (κ2) is 9.52. The minimum absolute atomic E-state index is 0.000166. The van der Waals surface area contributed by atoms with Crippen molar-refractivity contribution in [1.29, 1.82) is 0 Å². The highest BCUT2D eigenvalue weighted by atomic mass is 16.6. The van der Waals surface area contributed by atoms with Crippen molar-refractivity contribution in [3.05, 3.63) is 81.7 Å². The maximum atomic E-state index is 12.5. The van der Waals surface area contributed by atoms with Crippen LogP contribution in [0.5, 0.6) is 0 Å². The summed E-state index contributed by atoms with van der Waals surface area (Å²) >= 11 is 0. The zero-order valence-electron chi connectivity index (χ0n) is 17.7. The van der Waals surface area contributed by atoms with E-state index in [9.17, 15) is 14.9 Å². The summed E-state index contributed by atoms with van der Waals surface area (Å²) in [6.45, 7) is 5.09. The number of nitro benzene ring substituents is 1. The molecule has 1 aromatic heterocycles. The Kier molecular flexibility index (Phi) is 6.37. The number of aromatic nitrogens is 2. The van der Waals surface area contributed by atoms with E-state index in [0.717, 1.165) is 11.1 Å². The van der Waals surface area contributed by atoms with E-state index in [0.29, 0.717) is 50.0 Å². The van der Waals surface area contributed by atoms with E-state index in [4.69, 9.17) is 4.52 Å². The van der Waals surface area contributed by atoms with Crippen LogP contribution < -0.4 is 0 Å². The summed E-state index contributed by atoms with van der Waals surface area (Å²) in [4.78, 5) is 31.4. The van der Waals surface area contributed by atoms with Crippen LogP contribution in [0.3, 0.4) is 0 Å². The van der Waals surface area contributed by atoms with Gasteiger partial charge < -0.3 is 9.42 Å². The molecule has 1 fully saturated rings. The third-order valence-corrected chi connectivity index (χ3v) is 5.40. The fraction of sp³-hybridized carbons (Fsp3) is 0.261. The van der Waals surface area contributed by atoms with Gasteiger partial charge in [0.15, 0.2) is 0 Å². The first-order chi connectivity index (χ1) is 15.5. The summed E-state index contributed by atoms with van der Waals surface area (Å²) in [7, 11) is 0. The lowest BCUT2D eigenvalue weighted by Crippen LogP contribution is -2.47. The van der Waals surface area contributed by atoms with E-state index < -0.39 is 4.92 Å². The van der Waals surface area contributed by atoms with Gasteiger partial charge in [0.25, 0.3) is 5.69 Å². The van der Waals surface area contributed by atoms with Crippen LogP contribution in [0, 0.1) is 17.0 Å². The van der Waals surface area contributed by atoms with Crippen LogP contribution in [0.15, 0.2) is 59.1 Å². The van der Waals surface area contributed by atoms with Crippen LogP contribution in [-0.2, 0) is 11.3 Å². The molecule has 9 heteroatoms. The van der Waals surface area contributed by atoms with Crippen molar-refractivity contribution in [2.75, 3.05) is 26.2 Å². The smallest absolute Gasteiger partial charge is 0.270 e. The predicted molar refractivity (Wildman–Crippen MR) is 118 cm³/mol. The Hall–Kier alpha value is -3.85. The summed E-state index contributed by atoms with van der Waals surface area (Å²) in [5.74, 6) is 1.02. The van der Waals surface area contributed by atoms with E-state index in [-0.39, 0.29) is 11.6 Å². The molecule has 9 nitrogen and oxygen atoms in total. The van der Waals surface area contributed by atoms with Crippen LogP contribution in [0.2, 0.25) is 0 Å². The maximum absolute atomic E-state index is 12.5. The third-order valence-electron chi connectivity index (χ3n) is 5.40. The van der Waals surface area contributed by atoms with E-state index >= 15 is 0 Å². The second-order valence-corrected chi connectivity index (χ2v) is 7.61. The van der Waals surface area contributed by atoms with Crippen molar-refractivity contribution in [2.24, 2.45) is 0 Å². The second-order valence-electron chi connectivity index (χ2n) is 7.61. The van der Waals surface area contributed by atoms with Crippen molar-refractivity contribution in [3.8, 4) is 11.4 Å². The first-order valence-corrected chi connectivity index (χ1v) is 10.3. The number of carbonyl (C=O) groups is 1. The summed E-state index contributed by atoms with van der Waals surface area (Å²) in [5, 5.41) is 15.0. The highest BCUT2D eigenvalue weighted by Crippen LogP contribution is 2.20. The molecule has 0 N–H and O–H groups in total. The lowest BCUT2D eigenvalue weighted by atomic mass is 10.1. The molecule has 1 aliphatic rings. The Morgan fingerprint density at radius 3 is 2.69 bits per heavy atom. The van der Waals surface area contributed by atoms with Gasteiger partial charge in [-0.1, -0.05) is 41.6 Å². The number of amides is 1. The summed E-state index contributed by atoms with van der Waals surface area (Å²) < 4.78 is 5.42. The molecule has 4 rings (SSSR count). The molecule has 2 aromatic carbocycles. The maximum Gasteiger partial charge on any atom is 0.270 e. The van der Waals surface area contributed by atoms with Crippen molar-refractivity contribution >= 4 is 17.7 Å². The van der Waals surface area contributed by atoms with Gasteiger partial charge in [0.2, 0.25) is 17.6 Å². The van der Waals surface area contributed by atoms with Gasteiger partial charge in [0, 0.05) is 50.0 Å². The highest BCUT2D eigenvalue weighted by Gasteiger charge is 2.21. The number of nitrogens with zero attached hydrogens (tertiary/aromatic N) is 5. The minimum atomic E-state index is -0.453. The van der Waals surface area contributed by atoms with E-state index in [2.05, 4.69) is 15.0 Å². The Morgan fingerprint density at radius 2 is 1.94 bits per heavy atom. The van der Waals surface area contributed by atoms with Crippen LogP contribution in [0.25, 0.3) is 17.5 Å². The van der Waals surface area contributed by atoms with E-state index in [1.807, 2.05) is 31.2 Å². The summed E-state index contributed by atoms with van der Waals surface area (Å²) in [5.41, 5.74) is 2.66. The third kappa shape index (κ3) is 5.06. The first-order valence-electron chi connectivity index (χ1n) is 10.3. The molecule has 164 valence electrons. The van der Waals surface area contributed by atoms with Gasteiger partial charge in [-0.3, -0.25) is 19.8 Å². The molecule has 1 saturated heterocycles. The molecule has 0 saturated carbocycles. The van der Waals surface area contributed by atoms with Crippen LogP contribution in [0.1, 0.15) is 17.0 Å². The molecule has 3 aromatic rings. The first kappa shape index (κ1) is 21.4. The number of piperazine rings is 1. The zero-order chi connectivity index (χ0) is 22.5. The Morgan fingerprint density at radius 1 is 1.16 bits per heavy atom. The minimum Gasteiger partial charge on any atom is -0.338 e. The summed E-state index contributed by atoms with van der Waals surface area (Å²) in [6.07, 6.45) is 3.06. The number of non-ortho nitro benzene ring substituents is 1. The standard InChI is InChI=1S/C23H23N5O4/c1-17-5-2-3-8-20(17)23-24-21(32-25-23)16-26-11-13-27(14-12-26)22(29)10-9-18-6-4-7-19(15-18)28(30)31/h2-10,15H,11-14,16H2,1H3/b10-9+. The molecule has 2 heterocycles. The SMILES string of the molecule is Cc1ccccc1-c1noc(CN2CCN(C(=O)/C=C/c3cccc([N+](=O)[O-])c3)CC2)n1. The van der Waals surface area contributed by atoms with Crippen molar-refractivity contribution in [3.63, 3.8) is 0 Å². The van der Waals surface area contributed by atoms with Crippen LogP contribution in [0.4, 0.5) is 5.69 Å². The van der Waals surface area contributed by atoms with Gasteiger partial charge in [-0.2, -0.15) is 4.98 Å². The highest BCUT2D eigenvalue weighted by molar-refractivity contribution is 5.91. The number of carbonyl (C=O) groups excluding carboxylic acids is 1. The number of hydrogen-bond acceptors (Lipinski definition) is 7. The average Bonchev–Trinajstić information content (AvgIpc) is 3.26. The van der Waals surface area contributed by atoms with E-state index in [1.165, 1.54) is 18.2 Å².